The summed E-state index contributed by atoms with van der Waals surface area (Å²) in [5, 5.41) is 0. The summed E-state index contributed by atoms with van der Waals surface area (Å²) in [7, 11) is 0. The van der Waals surface area contributed by atoms with Gasteiger partial charge in [-0.2, -0.15) is 4.89 Å². The van der Waals surface area contributed by atoms with Crippen LogP contribution in [0.2, 0.25) is 0 Å². The first kappa shape index (κ1) is 19.2. The number of ketones is 1. The second kappa shape index (κ2) is 8.01. The van der Waals surface area contributed by atoms with Gasteiger partial charge >= 0.3 is 0 Å². The van der Waals surface area contributed by atoms with Gasteiger partial charge in [0, 0.05) is 22.0 Å². The first-order valence-electron chi connectivity index (χ1n) is 8.68. The van der Waals surface area contributed by atoms with Crippen molar-refractivity contribution in [2.45, 2.75) is 51.6 Å². The molecule has 0 aromatic heterocycles. The summed E-state index contributed by atoms with van der Waals surface area (Å²) in [6.45, 7) is 5.74. The van der Waals surface area contributed by atoms with Gasteiger partial charge in [-0.05, 0) is 44.9 Å². The van der Waals surface area contributed by atoms with E-state index in [4.69, 9.17) is 14.5 Å². The number of ether oxygens (including phenoxy) is 1. The molecular formula is C21H23BrO4. The Labute approximate surface area is 162 Å². The molecule has 0 fully saturated rings. The van der Waals surface area contributed by atoms with E-state index in [1.165, 1.54) is 0 Å². The third kappa shape index (κ3) is 5.01. The Morgan fingerprint density at radius 3 is 2.54 bits per heavy atom. The van der Waals surface area contributed by atoms with E-state index in [-0.39, 0.29) is 11.9 Å². The number of carbonyl (C=O) groups excluding carboxylic acids is 1. The van der Waals surface area contributed by atoms with Gasteiger partial charge in [-0.3, -0.25) is 4.79 Å². The minimum atomic E-state index is -0.637. The van der Waals surface area contributed by atoms with Gasteiger partial charge in [0.2, 0.25) is 6.29 Å². The third-order valence-corrected chi connectivity index (χ3v) is 4.57. The molecule has 5 heteroatoms. The van der Waals surface area contributed by atoms with E-state index in [1.54, 1.807) is 0 Å². The van der Waals surface area contributed by atoms with Crippen LogP contribution in [0.1, 0.15) is 55.0 Å². The minimum Gasteiger partial charge on any atom is -0.342 e. The molecule has 1 aliphatic rings. The second-order valence-electron chi connectivity index (χ2n) is 7.42. The molecular weight excluding hydrogens is 396 g/mol. The lowest BCUT2D eigenvalue weighted by Crippen LogP contribution is -2.31. The topological polar surface area (TPSA) is 44.8 Å². The fourth-order valence-electron chi connectivity index (χ4n) is 2.83. The predicted molar refractivity (Wildman–Crippen MR) is 103 cm³/mol. The van der Waals surface area contributed by atoms with Crippen molar-refractivity contribution in [3.8, 4) is 0 Å². The summed E-state index contributed by atoms with van der Waals surface area (Å²) in [6, 6.07) is 15.3. The summed E-state index contributed by atoms with van der Waals surface area (Å²) in [4.78, 5) is 23.6. The number of carbonyl (C=O) groups is 1. The molecule has 2 aromatic rings. The third-order valence-electron chi connectivity index (χ3n) is 4.04. The normalized spacial score (nSPS) is 19.8. The summed E-state index contributed by atoms with van der Waals surface area (Å²) in [5.74, 6) is 0.0531. The molecule has 26 heavy (non-hydrogen) atoms. The largest absolute Gasteiger partial charge is 0.342 e. The van der Waals surface area contributed by atoms with Gasteiger partial charge in [-0.15, -0.1) is 0 Å². The van der Waals surface area contributed by atoms with Crippen molar-refractivity contribution < 1.29 is 19.3 Å². The lowest BCUT2D eigenvalue weighted by Gasteiger charge is -2.32. The number of hydrogen-bond acceptors (Lipinski definition) is 4. The Balaban J connectivity index is 1.73. The fourth-order valence-corrected chi connectivity index (χ4v) is 3.10. The summed E-state index contributed by atoms with van der Waals surface area (Å²) < 4.78 is 7.00. The predicted octanol–water partition coefficient (Wildman–Crippen LogP) is 5.41. The van der Waals surface area contributed by atoms with Gasteiger partial charge in [-0.25, -0.2) is 4.89 Å². The summed E-state index contributed by atoms with van der Waals surface area (Å²) in [6.07, 6.45) is 0.0793. The monoisotopic (exact) mass is 418 g/mol. The van der Waals surface area contributed by atoms with Crippen LogP contribution in [0.25, 0.3) is 0 Å². The highest BCUT2D eigenvalue weighted by molar-refractivity contribution is 9.10. The smallest absolute Gasteiger partial charge is 0.217 e. The molecule has 0 amide bonds. The minimum absolute atomic E-state index is 0.0531. The number of benzene rings is 2. The number of halogens is 1. The molecule has 0 saturated carbocycles. The first-order chi connectivity index (χ1) is 12.3. The van der Waals surface area contributed by atoms with Gasteiger partial charge in [-0.1, -0.05) is 52.3 Å². The van der Waals surface area contributed by atoms with E-state index in [1.807, 2.05) is 69.3 Å². The van der Waals surface area contributed by atoms with Crippen LogP contribution in [-0.4, -0.2) is 17.5 Å². The van der Waals surface area contributed by atoms with Crippen molar-refractivity contribution in [2.24, 2.45) is 0 Å². The molecule has 0 spiro atoms. The zero-order chi connectivity index (χ0) is 18.7. The highest BCUT2D eigenvalue weighted by Gasteiger charge is 2.31. The quantitative estimate of drug-likeness (QED) is 0.369. The van der Waals surface area contributed by atoms with Crippen LogP contribution < -0.4 is 0 Å². The van der Waals surface area contributed by atoms with E-state index < -0.39 is 11.9 Å². The molecule has 2 aromatic carbocycles. The van der Waals surface area contributed by atoms with Crippen LogP contribution in [0, 0.1) is 0 Å². The average Bonchev–Trinajstić information content (AvgIpc) is 2.59. The molecule has 2 atom stereocenters. The number of rotatable bonds is 5. The maximum absolute atomic E-state index is 12.6. The van der Waals surface area contributed by atoms with Crippen LogP contribution in [0.4, 0.5) is 0 Å². The van der Waals surface area contributed by atoms with Crippen LogP contribution in [0.5, 0.6) is 0 Å². The molecule has 138 valence electrons. The Morgan fingerprint density at radius 2 is 1.85 bits per heavy atom. The van der Waals surface area contributed by atoms with Crippen LogP contribution in [0.15, 0.2) is 53.0 Å². The number of fused-ring (bicyclic) bond motifs is 1. The highest BCUT2D eigenvalue weighted by atomic mass is 79.9. The van der Waals surface area contributed by atoms with Crippen molar-refractivity contribution in [3.63, 3.8) is 0 Å². The van der Waals surface area contributed by atoms with Crippen molar-refractivity contribution in [2.75, 3.05) is 0 Å². The summed E-state index contributed by atoms with van der Waals surface area (Å²) >= 11 is 3.39. The Kier molecular flexibility index (Phi) is 5.92. The molecule has 0 saturated heterocycles. The lowest BCUT2D eigenvalue weighted by atomic mass is 9.94. The van der Waals surface area contributed by atoms with Crippen LogP contribution in [0.3, 0.4) is 0 Å². The Bertz CT molecular complexity index is 764. The lowest BCUT2D eigenvalue weighted by molar-refractivity contribution is -0.427. The van der Waals surface area contributed by atoms with E-state index in [0.29, 0.717) is 18.4 Å². The molecule has 0 N–H and O–H groups in total. The standard InChI is InChI=1S/C21H23BrO4/c1-21(2,3)26-25-20-18-7-5-4-6-15(18)12-17(24-20)13-19(23)14-8-10-16(22)11-9-14/h4-11,17,20H,12-13H2,1-3H3/t17-,20-/m0/s1. The average molecular weight is 419 g/mol. The van der Waals surface area contributed by atoms with Gasteiger partial charge in [0.05, 0.1) is 11.7 Å². The number of Topliss-reactive ketones (excluding diaryl/α,β-unsaturated/α-hetero) is 1. The van der Waals surface area contributed by atoms with Gasteiger partial charge in [0.1, 0.15) is 0 Å². The van der Waals surface area contributed by atoms with Crippen LogP contribution in [-0.2, 0) is 20.9 Å². The van der Waals surface area contributed by atoms with Gasteiger partial charge < -0.3 is 4.74 Å². The molecule has 0 aliphatic carbocycles. The molecule has 3 rings (SSSR count). The maximum atomic E-state index is 12.6. The molecule has 0 bridgehead atoms. The zero-order valence-corrected chi connectivity index (χ0v) is 16.8. The van der Waals surface area contributed by atoms with Gasteiger partial charge in [0.15, 0.2) is 5.78 Å². The van der Waals surface area contributed by atoms with Crippen molar-refractivity contribution >= 4 is 21.7 Å². The molecule has 0 radical (unpaired) electrons. The SMILES string of the molecule is CC(C)(C)OO[C@@H]1O[C@H](CC(=O)c2ccc(Br)cc2)Cc2ccccc21. The summed E-state index contributed by atoms with van der Waals surface area (Å²) in [5.41, 5.74) is 2.30. The van der Waals surface area contributed by atoms with E-state index in [0.717, 1.165) is 15.6 Å². The van der Waals surface area contributed by atoms with Crippen molar-refractivity contribution in [3.05, 3.63) is 69.7 Å². The molecule has 1 aliphatic heterocycles. The van der Waals surface area contributed by atoms with Gasteiger partial charge in [0.25, 0.3) is 0 Å². The van der Waals surface area contributed by atoms with Crippen molar-refractivity contribution in [1.29, 1.82) is 0 Å². The number of hydrogen-bond donors (Lipinski definition) is 0. The first-order valence-corrected chi connectivity index (χ1v) is 9.47. The molecule has 1 heterocycles. The fraction of sp³-hybridized carbons (Fsp3) is 0.381. The molecule has 4 nitrogen and oxygen atoms in total. The van der Waals surface area contributed by atoms with E-state index >= 15 is 0 Å². The van der Waals surface area contributed by atoms with E-state index in [9.17, 15) is 4.79 Å². The molecule has 0 unspecified atom stereocenters. The Hall–Kier alpha value is -1.53. The van der Waals surface area contributed by atoms with Crippen LogP contribution >= 0.6 is 15.9 Å². The Morgan fingerprint density at radius 1 is 1.15 bits per heavy atom. The van der Waals surface area contributed by atoms with Crippen molar-refractivity contribution in [1.82, 2.24) is 0 Å². The van der Waals surface area contributed by atoms with E-state index in [2.05, 4.69) is 15.9 Å². The highest BCUT2D eigenvalue weighted by Crippen LogP contribution is 2.33. The maximum Gasteiger partial charge on any atom is 0.217 e. The second-order valence-corrected chi connectivity index (χ2v) is 8.33. The zero-order valence-electron chi connectivity index (χ0n) is 15.2.